The van der Waals surface area contributed by atoms with E-state index in [1.54, 1.807) is 0 Å². The van der Waals surface area contributed by atoms with E-state index in [1.165, 1.54) is 0 Å². The number of ketones is 1. The lowest BCUT2D eigenvalue weighted by atomic mass is 10.1. The van der Waals surface area contributed by atoms with Crippen molar-refractivity contribution in [1.82, 2.24) is 0 Å². The molecule has 1 N–H and O–H groups in total. The smallest absolute Gasteiger partial charge is 0.449 e. The molecule has 0 aromatic heterocycles. The second-order valence-corrected chi connectivity index (χ2v) is 2.36. The maximum absolute atomic E-state index is 11.5. The van der Waals surface area contributed by atoms with Crippen LogP contribution in [0.4, 0.5) is 13.2 Å². The average Bonchev–Trinajstić information content (AvgIpc) is 1.85. The van der Waals surface area contributed by atoms with Gasteiger partial charge in [0, 0.05) is 6.42 Å². The normalized spacial score (nSPS) is 14.0. The number of halogens is 3. The van der Waals surface area contributed by atoms with Gasteiger partial charge in [0.15, 0.2) is 0 Å². The summed E-state index contributed by atoms with van der Waals surface area (Å²) in [5.74, 6) is -4.70. The molecule has 0 amide bonds. The van der Waals surface area contributed by atoms with Crippen LogP contribution in [0.25, 0.3) is 0 Å². The van der Waals surface area contributed by atoms with Crippen molar-refractivity contribution < 1.29 is 27.9 Å². The highest BCUT2D eigenvalue weighted by Gasteiger charge is 2.39. The van der Waals surface area contributed by atoms with Crippen molar-refractivity contribution in [3.05, 3.63) is 0 Å². The molecule has 0 spiro atoms. The molecule has 0 aliphatic heterocycles. The highest BCUT2D eigenvalue weighted by molar-refractivity contribution is 5.87. The standard InChI is InChI=1S/C6H7F3O3/c1-3(5(11)12)2-4(10)6(7,8)9/h3H,2H2,1H3,(H,11,12)/t3-/m1/s1. The highest BCUT2D eigenvalue weighted by Crippen LogP contribution is 2.20. The third-order valence-corrected chi connectivity index (χ3v) is 1.23. The Morgan fingerprint density at radius 3 is 2.08 bits per heavy atom. The Morgan fingerprint density at radius 1 is 1.42 bits per heavy atom. The molecule has 0 bridgehead atoms. The van der Waals surface area contributed by atoms with Crippen molar-refractivity contribution >= 4 is 11.8 Å². The number of rotatable bonds is 3. The van der Waals surface area contributed by atoms with E-state index in [1.807, 2.05) is 0 Å². The molecule has 0 saturated carbocycles. The molecule has 0 aliphatic carbocycles. The lowest BCUT2D eigenvalue weighted by Gasteiger charge is -2.07. The molecular formula is C6H7F3O3. The van der Waals surface area contributed by atoms with Gasteiger partial charge < -0.3 is 5.11 Å². The summed E-state index contributed by atoms with van der Waals surface area (Å²) < 4.78 is 34.6. The summed E-state index contributed by atoms with van der Waals surface area (Å²) in [5.41, 5.74) is 0. The molecule has 0 aromatic carbocycles. The van der Waals surface area contributed by atoms with Crippen LogP contribution in [0.15, 0.2) is 0 Å². The molecule has 0 unspecified atom stereocenters. The number of alkyl halides is 3. The molecule has 3 nitrogen and oxygen atoms in total. The van der Waals surface area contributed by atoms with E-state index in [9.17, 15) is 22.8 Å². The van der Waals surface area contributed by atoms with Crippen LogP contribution < -0.4 is 0 Å². The van der Waals surface area contributed by atoms with Gasteiger partial charge >= 0.3 is 12.1 Å². The van der Waals surface area contributed by atoms with Crippen LogP contribution in [-0.2, 0) is 9.59 Å². The summed E-state index contributed by atoms with van der Waals surface area (Å²) in [7, 11) is 0. The number of carbonyl (C=O) groups excluding carboxylic acids is 1. The van der Waals surface area contributed by atoms with Crippen LogP contribution >= 0.6 is 0 Å². The molecule has 6 heteroatoms. The third-order valence-electron chi connectivity index (χ3n) is 1.23. The van der Waals surface area contributed by atoms with Crippen molar-refractivity contribution in [2.75, 3.05) is 0 Å². The summed E-state index contributed by atoms with van der Waals surface area (Å²) in [4.78, 5) is 20.2. The van der Waals surface area contributed by atoms with E-state index in [0.717, 1.165) is 6.92 Å². The van der Waals surface area contributed by atoms with Crippen LogP contribution in [-0.4, -0.2) is 23.0 Å². The Bertz CT molecular complexity index is 197. The van der Waals surface area contributed by atoms with Crippen LogP contribution in [0.3, 0.4) is 0 Å². The maximum Gasteiger partial charge on any atom is 0.449 e. The minimum atomic E-state index is -4.93. The lowest BCUT2D eigenvalue weighted by molar-refractivity contribution is -0.173. The largest absolute Gasteiger partial charge is 0.481 e. The molecule has 0 saturated heterocycles. The number of carboxylic acids is 1. The second-order valence-electron chi connectivity index (χ2n) is 2.36. The van der Waals surface area contributed by atoms with Gasteiger partial charge in [-0.15, -0.1) is 0 Å². The van der Waals surface area contributed by atoms with Crippen molar-refractivity contribution in [2.45, 2.75) is 19.5 Å². The van der Waals surface area contributed by atoms with E-state index in [0.29, 0.717) is 0 Å². The predicted molar refractivity (Wildman–Crippen MR) is 32.5 cm³/mol. The summed E-state index contributed by atoms with van der Waals surface area (Å²) in [6.07, 6.45) is -5.93. The molecule has 0 rings (SSSR count). The molecule has 0 aromatic rings. The molecule has 0 aliphatic rings. The van der Waals surface area contributed by atoms with Crippen molar-refractivity contribution in [3.8, 4) is 0 Å². The molecule has 12 heavy (non-hydrogen) atoms. The van der Waals surface area contributed by atoms with Gasteiger partial charge in [-0.1, -0.05) is 6.92 Å². The molecule has 0 radical (unpaired) electrons. The number of aliphatic carboxylic acids is 1. The van der Waals surface area contributed by atoms with Crippen molar-refractivity contribution in [1.29, 1.82) is 0 Å². The van der Waals surface area contributed by atoms with Crippen molar-refractivity contribution in [2.24, 2.45) is 5.92 Å². The van der Waals surface area contributed by atoms with Gasteiger partial charge in [0.05, 0.1) is 5.92 Å². The summed E-state index contributed by atoms with van der Waals surface area (Å²) in [6, 6.07) is 0. The maximum atomic E-state index is 11.5. The molecular weight excluding hydrogens is 177 g/mol. The quantitative estimate of drug-likeness (QED) is 0.717. The van der Waals surface area contributed by atoms with Crippen LogP contribution in [0.2, 0.25) is 0 Å². The minimum absolute atomic E-state index is 1.00. The molecule has 0 heterocycles. The zero-order chi connectivity index (χ0) is 9.94. The number of carboxylic acid groups (broad SMARTS) is 1. The lowest BCUT2D eigenvalue weighted by Crippen LogP contribution is -2.26. The van der Waals surface area contributed by atoms with Gasteiger partial charge in [0.1, 0.15) is 0 Å². The Labute approximate surface area is 66.2 Å². The monoisotopic (exact) mass is 184 g/mol. The van der Waals surface area contributed by atoms with Crippen LogP contribution in [0, 0.1) is 5.92 Å². The fourth-order valence-corrected chi connectivity index (χ4v) is 0.481. The third kappa shape index (κ3) is 3.36. The van der Waals surface area contributed by atoms with E-state index in [4.69, 9.17) is 5.11 Å². The predicted octanol–water partition coefficient (Wildman–Crippen LogP) is 1.23. The van der Waals surface area contributed by atoms with Gasteiger partial charge in [-0.05, 0) is 0 Å². The van der Waals surface area contributed by atoms with Gasteiger partial charge in [-0.2, -0.15) is 13.2 Å². The van der Waals surface area contributed by atoms with Gasteiger partial charge in [-0.25, -0.2) is 0 Å². The number of Topliss-reactive ketones (excluding diaryl/α,β-unsaturated/α-hetero) is 1. The Balaban J connectivity index is 4.11. The fourth-order valence-electron chi connectivity index (χ4n) is 0.481. The average molecular weight is 184 g/mol. The first kappa shape index (κ1) is 10.9. The van der Waals surface area contributed by atoms with Crippen LogP contribution in [0.5, 0.6) is 0 Å². The van der Waals surface area contributed by atoms with E-state index < -0.39 is 30.3 Å². The Morgan fingerprint density at radius 2 is 1.83 bits per heavy atom. The fraction of sp³-hybridized carbons (Fsp3) is 0.667. The van der Waals surface area contributed by atoms with E-state index in [2.05, 4.69) is 0 Å². The van der Waals surface area contributed by atoms with Gasteiger partial charge in [0.2, 0.25) is 5.78 Å². The SMILES string of the molecule is C[C@H](CC(=O)C(F)(F)F)C(=O)O. The zero-order valence-corrected chi connectivity index (χ0v) is 6.18. The number of carbonyl (C=O) groups is 2. The van der Waals surface area contributed by atoms with E-state index in [-0.39, 0.29) is 0 Å². The zero-order valence-electron chi connectivity index (χ0n) is 6.18. The van der Waals surface area contributed by atoms with Gasteiger partial charge in [-0.3, -0.25) is 9.59 Å². The Kier molecular flexibility index (Phi) is 3.24. The van der Waals surface area contributed by atoms with E-state index >= 15 is 0 Å². The first-order valence-electron chi connectivity index (χ1n) is 3.08. The van der Waals surface area contributed by atoms with Crippen LogP contribution in [0.1, 0.15) is 13.3 Å². The number of hydrogen-bond donors (Lipinski definition) is 1. The molecule has 70 valence electrons. The summed E-state index contributed by atoms with van der Waals surface area (Å²) in [6.45, 7) is 1.05. The first-order chi connectivity index (χ1) is 5.25. The summed E-state index contributed by atoms with van der Waals surface area (Å²) in [5, 5.41) is 8.18. The first-order valence-corrected chi connectivity index (χ1v) is 3.08. The topological polar surface area (TPSA) is 54.4 Å². The van der Waals surface area contributed by atoms with Gasteiger partial charge in [0.25, 0.3) is 0 Å². The highest BCUT2D eigenvalue weighted by atomic mass is 19.4. The molecule has 1 atom stereocenters. The number of hydrogen-bond acceptors (Lipinski definition) is 2. The second kappa shape index (κ2) is 3.55. The minimum Gasteiger partial charge on any atom is -0.481 e. The molecule has 0 fully saturated rings. The Hall–Kier alpha value is -1.07. The van der Waals surface area contributed by atoms with Crippen molar-refractivity contribution in [3.63, 3.8) is 0 Å². The summed E-state index contributed by atoms with van der Waals surface area (Å²) >= 11 is 0.